The molecule has 2 heterocycles. The molecule has 1 saturated heterocycles. The molecule has 0 radical (unpaired) electrons. The molecule has 2 aromatic rings. The Bertz CT molecular complexity index is 941. The van der Waals surface area contributed by atoms with Crippen LogP contribution in [0.2, 0.25) is 5.02 Å². The van der Waals surface area contributed by atoms with E-state index in [4.69, 9.17) is 25.5 Å². The molecule has 1 aromatic carbocycles. The van der Waals surface area contributed by atoms with E-state index in [-0.39, 0.29) is 5.78 Å². The summed E-state index contributed by atoms with van der Waals surface area (Å²) in [5.74, 6) is -2.06. The van der Waals surface area contributed by atoms with Gasteiger partial charge in [0.1, 0.15) is 31.0 Å². The van der Waals surface area contributed by atoms with E-state index < -0.39 is 55.1 Å². The average Bonchev–Trinajstić information content (AvgIpc) is 3.36. The Hall–Kier alpha value is -2.01. The van der Waals surface area contributed by atoms with Crippen molar-refractivity contribution < 1.29 is 43.9 Å². The number of aliphatic hydroxyl groups excluding tert-OH is 4. The molecule has 7 atom stereocenters. The number of aliphatic hydroxyl groups is 4. The molecule has 2 aliphatic rings. The summed E-state index contributed by atoms with van der Waals surface area (Å²) in [7, 11) is 0. The van der Waals surface area contributed by atoms with E-state index in [1.165, 1.54) is 12.3 Å². The molecule has 4 N–H and O–H groups in total. The fourth-order valence-corrected chi connectivity index (χ4v) is 3.75. The fraction of sp³-hybridized carbons (Fsp3) is 0.474. The van der Waals surface area contributed by atoms with Crippen LogP contribution < -0.4 is 0 Å². The first-order valence-electron chi connectivity index (χ1n) is 9.03. The Labute approximate surface area is 169 Å². The zero-order chi connectivity index (χ0) is 20.9. The minimum absolute atomic E-state index is 0.236. The SMILES string of the molecule is O=C(OC[C@H]1O[C@H](O)[C@H](O)[C@@H](O)[C@H]1O)[C@H]1C[C@@H]1C(=O)c1cc(Cl)c2occc2c1. The number of fused-ring (bicyclic) bond motifs is 1. The van der Waals surface area contributed by atoms with Crippen molar-refractivity contribution in [3.05, 3.63) is 35.0 Å². The first-order valence-corrected chi connectivity index (χ1v) is 9.41. The highest BCUT2D eigenvalue weighted by molar-refractivity contribution is 6.35. The van der Waals surface area contributed by atoms with Gasteiger partial charge < -0.3 is 34.3 Å². The number of hydrogen-bond donors (Lipinski definition) is 4. The summed E-state index contributed by atoms with van der Waals surface area (Å²) in [6.45, 7) is -0.439. The van der Waals surface area contributed by atoms with Crippen LogP contribution in [0.3, 0.4) is 0 Å². The van der Waals surface area contributed by atoms with Crippen LogP contribution >= 0.6 is 11.6 Å². The quantitative estimate of drug-likeness (QED) is 0.390. The lowest BCUT2D eigenvalue weighted by Gasteiger charge is -2.37. The van der Waals surface area contributed by atoms with Crippen molar-refractivity contribution in [3.63, 3.8) is 0 Å². The number of furan rings is 1. The standard InChI is InChI=1S/C19H19ClO9/c20-11-4-8(3-7-1-2-27-17(7)11)13(21)9-5-10(9)18(25)28-6-12-14(22)15(23)16(24)19(26)29-12/h1-4,9-10,12,14-16,19,22-24,26H,5-6H2/t9-,10-,12+,14-,15-,16+,19-/m0/s1. The third-order valence-electron chi connectivity index (χ3n) is 5.30. The molecule has 1 aromatic heterocycles. The van der Waals surface area contributed by atoms with Gasteiger partial charge in [0.15, 0.2) is 17.7 Å². The number of carbonyl (C=O) groups excluding carboxylic acids is 2. The van der Waals surface area contributed by atoms with Gasteiger partial charge in [-0.2, -0.15) is 0 Å². The topological polar surface area (TPSA) is 147 Å². The van der Waals surface area contributed by atoms with Crippen molar-refractivity contribution in [3.8, 4) is 0 Å². The molecule has 2 fully saturated rings. The molecule has 9 nitrogen and oxygen atoms in total. The largest absolute Gasteiger partial charge is 0.463 e. The van der Waals surface area contributed by atoms with Crippen molar-refractivity contribution >= 4 is 34.3 Å². The predicted molar refractivity (Wildman–Crippen MR) is 97.0 cm³/mol. The maximum absolute atomic E-state index is 12.7. The normalized spacial score (nSPS) is 34.2. The molecule has 1 aliphatic carbocycles. The third-order valence-corrected chi connectivity index (χ3v) is 5.58. The van der Waals surface area contributed by atoms with Crippen LogP contribution in [0, 0.1) is 11.8 Å². The molecule has 1 saturated carbocycles. The number of esters is 1. The molecule has 1 aliphatic heterocycles. The number of ketones is 1. The van der Waals surface area contributed by atoms with Gasteiger partial charge in [0, 0.05) is 16.9 Å². The van der Waals surface area contributed by atoms with Gasteiger partial charge in [-0.3, -0.25) is 9.59 Å². The lowest BCUT2D eigenvalue weighted by Crippen LogP contribution is -2.58. The van der Waals surface area contributed by atoms with Gasteiger partial charge >= 0.3 is 5.97 Å². The Morgan fingerprint density at radius 1 is 1.10 bits per heavy atom. The highest BCUT2D eigenvalue weighted by atomic mass is 35.5. The first-order chi connectivity index (χ1) is 13.8. The van der Waals surface area contributed by atoms with E-state index >= 15 is 0 Å². The lowest BCUT2D eigenvalue weighted by molar-refractivity contribution is -0.287. The zero-order valence-electron chi connectivity index (χ0n) is 15.0. The molecular formula is C19H19ClO9. The van der Waals surface area contributed by atoms with Crippen LogP contribution in [0.1, 0.15) is 16.8 Å². The lowest BCUT2D eigenvalue weighted by atomic mass is 9.99. The van der Waals surface area contributed by atoms with Crippen LogP contribution in [-0.4, -0.2) is 69.5 Å². The molecular weight excluding hydrogens is 408 g/mol. The molecule has 0 spiro atoms. The average molecular weight is 427 g/mol. The third kappa shape index (κ3) is 3.77. The smallest absolute Gasteiger partial charge is 0.309 e. The number of halogens is 1. The second kappa shape index (κ2) is 7.67. The summed E-state index contributed by atoms with van der Waals surface area (Å²) < 4.78 is 15.3. The highest BCUT2D eigenvalue weighted by Crippen LogP contribution is 2.43. The maximum Gasteiger partial charge on any atom is 0.309 e. The van der Waals surface area contributed by atoms with Crippen molar-refractivity contribution in [1.29, 1.82) is 0 Å². The van der Waals surface area contributed by atoms with E-state index in [2.05, 4.69) is 0 Å². The van der Waals surface area contributed by atoms with E-state index in [0.29, 0.717) is 28.0 Å². The molecule has 0 unspecified atom stereocenters. The summed E-state index contributed by atoms with van der Waals surface area (Å²) in [4.78, 5) is 24.9. The fourth-order valence-electron chi connectivity index (χ4n) is 3.48. The summed E-state index contributed by atoms with van der Waals surface area (Å²) in [5.41, 5.74) is 0.853. The Balaban J connectivity index is 1.35. The van der Waals surface area contributed by atoms with Gasteiger partial charge in [0.25, 0.3) is 0 Å². The van der Waals surface area contributed by atoms with Crippen LogP contribution in [0.25, 0.3) is 11.0 Å². The van der Waals surface area contributed by atoms with Gasteiger partial charge in [-0.25, -0.2) is 0 Å². The molecule has 10 heteroatoms. The van der Waals surface area contributed by atoms with Crippen molar-refractivity contribution in [2.75, 3.05) is 6.61 Å². The highest BCUT2D eigenvalue weighted by Gasteiger charge is 2.50. The van der Waals surface area contributed by atoms with Gasteiger partial charge in [-0.1, -0.05) is 11.6 Å². The van der Waals surface area contributed by atoms with Crippen molar-refractivity contribution in [2.45, 2.75) is 37.1 Å². The van der Waals surface area contributed by atoms with E-state index in [1.807, 2.05) is 0 Å². The van der Waals surface area contributed by atoms with Crippen LogP contribution in [-0.2, 0) is 14.3 Å². The van der Waals surface area contributed by atoms with E-state index in [0.717, 1.165) is 0 Å². The van der Waals surface area contributed by atoms with Crippen molar-refractivity contribution in [2.24, 2.45) is 11.8 Å². The van der Waals surface area contributed by atoms with Crippen molar-refractivity contribution in [1.82, 2.24) is 0 Å². The summed E-state index contributed by atoms with van der Waals surface area (Å²) >= 11 is 6.12. The van der Waals surface area contributed by atoms with Crippen LogP contribution in [0.5, 0.6) is 0 Å². The summed E-state index contributed by atoms with van der Waals surface area (Å²) in [5, 5.41) is 39.4. The van der Waals surface area contributed by atoms with Gasteiger partial charge in [-0.05, 0) is 24.6 Å². The van der Waals surface area contributed by atoms with Crippen LogP contribution in [0.4, 0.5) is 0 Å². The number of rotatable bonds is 5. The maximum atomic E-state index is 12.7. The Morgan fingerprint density at radius 3 is 2.62 bits per heavy atom. The van der Waals surface area contributed by atoms with E-state index in [9.17, 15) is 30.0 Å². The molecule has 0 amide bonds. The molecule has 29 heavy (non-hydrogen) atoms. The van der Waals surface area contributed by atoms with Gasteiger partial charge in [0.2, 0.25) is 0 Å². The minimum Gasteiger partial charge on any atom is -0.463 e. The number of hydrogen-bond acceptors (Lipinski definition) is 9. The minimum atomic E-state index is -1.71. The molecule has 0 bridgehead atoms. The van der Waals surface area contributed by atoms with Crippen LogP contribution in [0.15, 0.2) is 28.9 Å². The predicted octanol–water partition coefficient (Wildman–Crippen LogP) is 0.248. The molecule has 156 valence electrons. The van der Waals surface area contributed by atoms with E-state index in [1.54, 1.807) is 12.1 Å². The summed E-state index contributed by atoms with van der Waals surface area (Å²) in [6, 6.07) is 4.83. The number of Topliss-reactive ketones (excluding diaryl/α,β-unsaturated/α-hetero) is 1. The second-order valence-corrected chi connectivity index (χ2v) is 7.68. The number of carbonyl (C=O) groups is 2. The zero-order valence-corrected chi connectivity index (χ0v) is 15.7. The van der Waals surface area contributed by atoms with Gasteiger partial charge in [-0.15, -0.1) is 0 Å². The number of benzene rings is 1. The molecule has 4 rings (SSSR count). The second-order valence-electron chi connectivity index (χ2n) is 7.28. The summed E-state index contributed by atoms with van der Waals surface area (Å²) in [6.07, 6.45) is -5.98. The first kappa shape index (κ1) is 20.3. The Kier molecular flexibility index (Phi) is 5.36. The monoisotopic (exact) mass is 426 g/mol. The van der Waals surface area contributed by atoms with Gasteiger partial charge in [0.05, 0.1) is 17.2 Å². The Morgan fingerprint density at radius 2 is 1.86 bits per heavy atom. The number of ether oxygens (including phenoxy) is 2.